The van der Waals surface area contributed by atoms with Crippen molar-refractivity contribution in [2.75, 3.05) is 0 Å². The zero-order valence-corrected chi connectivity index (χ0v) is 14.9. The van der Waals surface area contributed by atoms with Crippen molar-refractivity contribution in [2.45, 2.75) is 26.8 Å². The van der Waals surface area contributed by atoms with E-state index in [1.165, 1.54) is 38.5 Å². The summed E-state index contributed by atoms with van der Waals surface area (Å²) in [6, 6.07) is 24.2. The second-order valence-corrected chi connectivity index (χ2v) is 6.47. The minimum atomic E-state index is 0.989. The van der Waals surface area contributed by atoms with Crippen molar-refractivity contribution >= 4 is 34.0 Å². The van der Waals surface area contributed by atoms with E-state index in [0.717, 1.165) is 13.0 Å². The van der Waals surface area contributed by atoms with Gasteiger partial charge in [-0.3, -0.25) is 0 Å². The molecule has 0 unspecified atom stereocenters. The van der Waals surface area contributed by atoms with Gasteiger partial charge in [0.25, 0.3) is 0 Å². The summed E-state index contributed by atoms with van der Waals surface area (Å²) >= 11 is 0. The van der Waals surface area contributed by atoms with Crippen molar-refractivity contribution in [3.63, 3.8) is 0 Å². The van der Waals surface area contributed by atoms with Gasteiger partial charge in [0.05, 0.1) is 0 Å². The molecule has 1 heterocycles. The molecule has 0 radical (unpaired) electrons. The number of aryl methyl sites for hydroxylation is 2. The Morgan fingerprint density at radius 1 is 0.720 bits per heavy atom. The number of aromatic nitrogens is 1. The lowest BCUT2D eigenvalue weighted by atomic mass is 10.1. The Bertz CT molecular complexity index is 1050. The molecule has 0 N–H and O–H groups in total. The molecule has 25 heavy (non-hydrogen) atoms. The van der Waals surface area contributed by atoms with E-state index in [2.05, 4.69) is 97.3 Å². The van der Waals surface area contributed by atoms with Gasteiger partial charge >= 0.3 is 0 Å². The van der Waals surface area contributed by atoms with Crippen LogP contribution in [0.2, 0.25) is 0 Å². The zero-order valence-electron chi connectivity index (χ0n) is 14.9. The molecule has 0 aliphatic carbocycles. The Hall–Kier alpha value is -2.80. The first-order valence-corrected chi connectivity index (χ1v) is 9.08. The van der Waals surface area contributed by atoms with E-state index in [4.69, 9.17) is 0 Å². The molecule has 1 aromatic heterocycles. The monoisotopic (exact) mass is 325 g/mol. The first kappa shape index (κ1) is 15.7. The summed E-state index contributed by atoms with van der Waals surface area (Å²) in [5.74, 6) is 0. The van der Waals surface area contributed by atoms with Crippen molar-refractivity contribution in [2.24, 2.45) is 0 Å². The molecule has 0 bridgehead atoms. The summed E-state index contributed by atoms with van der Waals surface area (Å²) < 4.78 is 2.39. The number of hydrogen-bond donors (Lipinski definition) is 0. The fraction of sp³-hybridized carbons (Fsp3) is 0.167. The van der Waals surface area contributed by atoms with Gasteiger partial charge in [-0.1, -0.05) is 67.6 Å². The Balaban J connectivity index is 1.75. The number of para-hydroxylation sites is 1. The average molecular weight is 325 g/mol. The van der Waals surface area contributed by atoms with E-state index in [-0.39, 0.29) is 0 Å². The summed E-state index contributed by atoms with van der Waals surface area (Å²) in [7, 11) is 0. The minimum Gasteiger partial charge on any atom is -0.341 e. The van der Waals surface area contributed by atoms with Gasteiger partial charge in [-0.25, -0.2) is 0 Å². The minimum absolute atomic E-state index is 0.989. The number of fused-ring (bicyclic) bond motifs is 3. The third-order valence-electron chi connectivity index (χ3n) is 4.97. The quantitative estimate of drug-likeness (QED) is 0.375. The summed E-state index contributed by atoms with van der Waals surface area (Å²) in [4.78, 5) is 0. The fourth-order valence-corrected chi connectivity index (χ4v) is 3.57. The van der Waals surface area contributed by atoms with Crippen LogP contribution in [0.15, 0.2) is 66.7 Å². The largest absolute Gasteiger partial charge is 0.341 e. The SMILES string of the molecule is CCc1ccc(C=Cc2ccc3c(c2)c2ccccc2n3CC)cc1. The molecule has 4 aromatic rings. The molecule has 0 amide bonds. The Kier molecular flexibility index (Phi) is 4.15. The first-order valence-electron chi connectivity index (χ1n) is 9.08. The van der Waals surface area contributed by atoms with Crippen LogP contribution in [-0.2, 0) is 13.0 Å². The van der Waals surface area contributed by atoms with Crippen molar-refractivity contribution in [1.29, 1.82) is 0 Å². The van der Waals surface area contributed by atoms with Crippen LogP contribution >= 0.6 is 0 Å². The van der Waals surface area contributed by atoms with Gasteiger partial charge in [0.2, 0.25) is 0 Å². The third-order valence-corrected chi connectivity index (χ3v) is 4.97. The lowest BCUT2D eigenvalue weighted by molar-refractivity contribution is 0.827. The molecule has 124 valence electrons. The molecule has 0 aliphatic heterocycles. The summed E-state index contributed by atoms with van der Waals surface area (Å²) in [6.07, 6.45) is 5.49. The van der Waals surface area contributed by atoms with Crippen molar-refractivity contribution in [1.82, 2.24) is 4.57 Å². The second kappa shape index (κ2) is 6.60. The smallest absolute Gasteiger partial charge is 0.0491 e. The molecule has 0 saturated carbocycles. The van der Waals surface area contributed by atoms with Gasteiger partial charge < -0.3 is 4.57 Å². The molecule has 0 atom stereocenters. The lowest BCUT2D eigenvalue weighted by Crippen LogP contribution is -1.92. The van der Waals surface area contributed by atoms with Gasteiger partial charge in [-0.2, -0.15) is 0 Å². The maximum absolute atomic E-state index is 2.39. The first-order chi connectivity index (χ1) is 12.3. The molecule has 0 saturated heterocycles. The second-order valence-electron chi connectivity index (χ2n) is 6.47. The molecule has 4 rings (SSSR count). The van der Waals surface area contributed by atoms with Crippen LogP contribution in [0.4, 0.5) is 0 Å². The molecular formula is C24H23N. The molecule has 1 nitrogen and oxygen atoms in total. The van der Waals surface area contributed by atoms with Crippen LogP contribution in [0.5, 0.6) is 0 Å². The van der Waals surface area contributed by atoms with Crippen molar-refractivity contribution < 1.29 is 0 Å². The van der Waals surface area contributed by atoms with Crippen LogP contribution in [-0.4, -0.2) is 4.57 Å². The molecule has 0 aliphatic rings. The Morgan fingerprint density at radius 3 is 2.16 bits per heavy atom. The highest BCUT2D eigenvalue weighted by Crippen LogP contribution is 2.30. The van der Waals surface area contributed by atoms with Crippen LogP contribution in [0.25, 0.3) is 34.0 Å². The highest BCUT2D eigenvalue weighted by atomic mass is 15.0. The number of rotatable bonds is 4. The zero-order chi connectivity index (χ0) is 17.2. The molecule has 1 heteroatoms. The lowest BCUT2D eigenvalue weighted by Gasteiger charge is -2.03. The van der Waals surface area contributed by atoms with E-state index < -0.39 is 0 Å². The standard InChI is InChI=1S/C24H23N/c1-3-18-9-11-19(12-10-18)13-14-20-15-16-24-22(17-20)21-7-5-6-8-23(21)25(24)4-2/h5-17H,3-4H2,1-2H3. The fourth-order valence-electron chi connectivity index (χ4n) is 3.57. The van der Waals surface area contributed by atoms with E-state index in [9.17, 15) is 0 Å². The van der Waals surface area contributed by atoms with Gasteiger partial charge in [0, 0.05) is 28.4 Å². The highest BCUT2D eigenvalue weighted by Gasteiger charge is 2.08. The van der Waals surface area contributed by atoms with E-state index >= 15 is 0 Å². The number of hydrogen-bond acceptors (Lipinski definition) is 0. The predicted molar refractivity (Wildman–Crippen MR) is 110 cm³/mol. The van der Waals surface area contributed by atoms with Crippen LogP contribution in [0.3, 0.4) is 0 Å². The number of nitrogens with zero attached hydrogens (tertiary/aromatic N) is 1. The van der Waals surface area contributed by atoms with E-state index in [1.54, 1.807) is 0 Å². The maximum atomic E-state index is 2.39. The summed E-state index contributed by atoms with van der Waals surface area (Å²) in [5.41, 5.74) is 6.50. The summed E-state index contributed by atoms with van der Waals surface area (Å²) in [5, 5.41) is 2.67. The molecule has 3 aromatic carbocycles. The van der Waals surface area contributed by atoms with Crippen LogP contribution < -0.4 is 0 Å². The molecule has 0 spiro atoms. The predicted octanol–water partition coefficient (Wildman–Crippen LogP) is 6.55. The topological polar surface area (TPSA) is 4.93 Å². The Morgan fingerprint density at radius 2 is 1.40 bits per heavy atom. The van der Waals surface area contributed by atoms with Crippen molar-refractivity contribution in [3.05, 3.63) is 83.4 Å². The molecular weight excluding hydrogens is 302 g/mol. The van der Waals surface area contributed by atoms with E-state index in [1.807, 2.05) is 0 Å². The van der Waals surface area contributed by atoms with Gasteiger partial charge in [0.15, 0.2) is 0 Å². The normalized spacial score (nSPS) is 11.8. The van der Waals surface area contributed by atoms with Crippen LogP contribution in [0, 0.1) is 0 Å². The number of benzene rings is 3. The van der Waals surface area contributed by atoms with Crippen LogP contribution in [0.1, 0.15) is 30.5 Å². The van der Waals surface area contributed by atoms with Gasteiger partial charge in [-0.15, -0.1) is 0 Å². The average Bonchev–Trinajstić information content (AvgIpc) is 3.00. The highest BCUT2D eigenvalue weighted by molar-refractivity contribution is 6.08. The van der Waals surface area contributed by atoms with Gasteiger partial charge in [0.1, 0.15) is 0 Å². The summed E-state index contributed by atoms with van der Waals surface area (Å²) in [6.45, 7) is 5.38. The van der Waals surface area contributed by atoms with Crippen molar-refractivity contribution in [3.8, 4) is 0 Å². The Labute approximate surface area is 149 Å². The molecule has 0 fully saturated rings. The maximum Gasteiger partial charge on any atom is 0.0491 e. The van der Waals surface area contributed by atoms with Gasteiger partial charge in [-0.05, 0) is 48.2 Å². The third kappa shape index (κ3) is 2.87. The van der Waals surface area contributed by atoms with E-state index in [0.29, 0.717) is 0 Å².